The van der Waals surface area contributed by atoms with E-state index in [0.29, 0.717) is 5.56 Å². The van der Waals surface area contributed by atoms with Crippen LogP contribution >= 0.6 is 0 Å². The van der Waals surface area contributed by atoms with E-state index in [2.05, 4.69) is 5.32 Å². The molecule has 0 aliphatic carbocycles. The van der Waals surface area contributed by atoms with Gasteiger partial charge in [-0.15, -0.1) is 0 Å². The SMILES string of the molecule is CC(CC(=O)O)NC(=O)[C@@H](N)Cc1ccc(O)c(O)c1. The van der Waals surface area contributed by atoms with Gasteiger partial charge in [-0.2, -0.15) is 0 Å². The van der Waals surface area contributed by atoms with Crippen LogP contribution in [0.25, 0.3) is 0 Å². The normalized spacial score (nSPS) is 13.5. The second kappa shape index (κ2) is 6.76. The van der Waals surface area contributed by atoms with Crippen molar-refractivity contribution < 1.29 is 24.9 Å². The van der Waals surface area contributed by atoms with Gasteiger partial charge in [-0.1, -0.05) is 6.07 Å². The molecule has 0 heterocycles. The van der Waals surface area contributed by atoms with Gasteiger partial charge in [0.15, 0.2) is 11.5 Å². The zero-order chi connectivity index (χ0) is 15.3. The molecule has 0 saturated carbocycles. The maximum Gasteiger partial charge on any atom is 0.305 e. The minimum Gasteiger partial charge on any atom is -0.504 e. The van der Waals surface area contributed by atoms with Gasteiger partial charge in [-0.3, -0.25) is 9.59 Å². The van der Waals surface area contributed by atoms with Gasteiger partial charge in [-0.25, -0.2) is 0 Å². The molecule has 7 heteroatoms. The van der Waals surface area contributed by atoms with E-state index in [1.807, 2.05) is 0 Å². The minimum atomic E-state index is -1.00. The van der Waals surface area contributed by atoms with Crippen molar-refractivity contribution >= 4 is 11.9 Å². The van der Waals surface area contributed by atoms with E-state index >= 15 is 0 Å². The number of benzene rings is 1. The van der Waals surface area contributed by atoms with Crippen LogP contribution in [0.1, 0.15) is 18.9 Å². The highest BCUT2D eigenvalue weighted by molar-refractivity contribution is 5.82. The molecule has 0 fully saturated rings. The van der Waals surface area contributed by atoms with Crippen LogP contribution in [0, 0.1) is 0 Å². The van der Waals surface area contributed by atoms with Gasteiger partial charge in [0.1, 0.15) is 0 Å². The fourth-order valence-corrected chi connectivity index (χ4v) is 1.71. The van der Waals surface area contributed by atoms with E-state index in [0.717, 1.165) is 0 Å². The van der Waals surface area contributed by atoms with E-state index in [9.17, 15) is 19.8 Å². The molecular weight excluding hydrogens is 264 g/mol. The second-order valence-corrected chi connectivity index (χ2v) is 4.64. The van der Waals surface area contributed by atoms with Crippen LogP contribution in [-0.4, -0.2) is 39.3 Å². The highest BCUT2D eigenvalue weighted by Crippen LogP contribution is 2.25. The molecule has 0 aliphatic rings. The number of rotatable bonds is 6. The highest BCUT2D eigenvalue weighted by Gasteiger charge is 2.18. The first-order valence-corrected chi connectivity index (χ1v) is 6.08. The fourth-order valence-electron chi connectivity index (χ4n) is 1.71. The molecule has 6 N–H and O–H groups in total. The monoisotopic (exact) mass is 282 g/mol. The number of carboxylic acid groups (broad SMARTS) is 1. The number of carbonyl (C=O) groups is 2. The zero-order valence-electron chi connectivity index (χ0n) is 11.0. The predicted molar refractivity (Wildman–Crippen MR) is 71.3 cm³/mol. The van der Waals surface area contributed by atoms with Gasteiger partial charge >= 0.3 is 5.97 Å². The number of aliphatic carboxylic acids is 1. The number of carboxylic acids is 1. The van der Waals surface area contributed by atoms with E-state index in [4.69, 9.17) is 10.8 Å². The largest absolute Gasteiger partial charge is 0.504 e. The number of hydrogen-bond acceptors (Lipinski definition) is 5. The summed E-state index contributed by atoms with van der Waals surface area (Å²) >= 11 is 0. The number of amides is 1. The summed E-state index contributed by atoms with van der Waals surface area (Å²) in [6.45, 7) is 1.57. The summed E-state index contributed by atoms with van der Waals surface area (Å²) in [5.74, 6) is -2.00. The Kier molecular flexibility index (Phi) is 5.33. The number of aromatic hydroxyl groups is 2. The van der Waals surface area contributed by atoms with Crippen LogP contribution in [0.15, 0.2) is 18.2 Å². The van der Waals surface area contributed by atoms with E-state index in [-0.39, 0.29) is 24.3 Å². The first-order valence-electron chi connectivity index (χ1n) is 6.08. The average Bonchev–Trinajstić information content (AvgIpc) is 2.32. The Morgan fingerprint density at radius 3 is 2.50 bits per heavy atom. The summed E-state index contributed by atoms with van der Waals surface area (Å²) in [6, 6.07) is 2.79. The van der Waals surface area contributed by atoms with Gasteiger partial charge in [0, 0.05) is 6.04 Å². The topological polar surface area (TPSA) is 133 Å². The third-order valence-corrected chi connectivity index (χ3v) is 2.70. The Morgan fingerprint density at radius 2 is 1.95 bits per heavy atom. The number of nitrogens with two attached hydrogens (primary N) is 1. The Hall–Kier alpha value is -2.28. The Balaban J connectivity index is 2.56. The molecule has 0 saturated heterocycles. The molecule has 0 aromatic heterocycles. The number of phenols is 2. The maximum absolute atomic E-state index is 11.8. The molecule has 110 valence electrons. The highest BCUT2D eigenvalue weighted by atomic mass is 16.4. The summed E-state index contributed by atoms with van der Waals surface area (Å²) in [6.07, 6.45) is -0.0160. The lowest BCUT2D eigenvalue weighted by atomic mass is 10.0. The lowest BCUT2D eigenvalue weighted by molar-refractivity contribution is -0.137. The summed E-state index contributed by atoms with van der Waals surface area (Å²) in [4.78, 5) is 22.2. The van der Waals surface area contributed by atoms with Crippen LogP contribution in [0.5, 0.6) is 11.5 Å². The molecule has 1 unspecified atom stereocenters. The van der Waals surface area contributed by atoms with Crippen LogP contribution in [0.4, 0.5) is 0 Å². The second-order valence-electron chi connectivity index (χ2n) is 4.64. The molecule has 0 bridgehead atoms. The third-order valence-electron chi connectivity index (χ3n) is 2.70. The van der Waals surface area contributed by atoms with Crippen LogP contribution in [0.3, 0.4) is 0 Å². The van der Waals surface area contributed by atoms with E-state index in [1.54, 1.807) is 13.0 Å². The summed E-state index contributed by atoms with van der Waals surface area (Å²) in [5.41, 5.74) is 6.30. The maximum atomic E-state index is 11.8. The standard InChI is InChI=1S/C13H18N2O5/c1-7(4-12(18)19)15-13(20)9(14)5-8-2-3-10(16)11(17)6-8/h2-3,6-7,9,16-17H,4-5,14H2,1H3,(H,15,20)(H,18,19)/t7?,9-/m0/s1. The number of carbonyl (C=O) groups excluding carboxylic acids is 1. The van der Waals surface area contributed by atoms with Crippen molar-refractivity contribution in [2.45, 2.75) is 31.8 Å². The van der Waals surface area contributed by atoms with Crippen molar-refractivity contribution in [2.24, 2.45) is 5.73 Å². The summed E-state index contributed by atoms with van der Waals surface area (Å²) in [5, 5.41) is 29.6. The Bertz CT molecular complexity index is 504. The van der Waals surface area contributed by atoms with Crippen molar-refractivity contribution in [1.82, 2.24) is 5.32 Å². The first kappa shape index (κ1) is 15.8. The lowest BCUT2D eigenvalue weighted by Crippen LogP contribution is -2.46. The lowest BCUT2D eigenvalue weighted by Gasteiger charge is -2.16. The van der Waals surface area contributed by atoms with E-state index < -0.39 is 24.0 Å². The van der Waals surface area contributed by atoms with Crippen molar-refractivity contribution in [2.75, 3.05) is 0 Å². The average molecular weight is 282 g/mol. The van der Waals surface area contributed by atoms with Gasteiger partial charge in [0.2, 0.25) is 5.91 Å². The van der Waals surface area contributed by atoms with Crippen LogP contribution in [0.2, 0.25) is 0 Å². The van der Waals surface area contributed by atoms with Gasteiger partial charge in [0.05, 0.1) is 12.5 Å². The summed E-state index contributed by atoms with van der Waals surface area (Å²) in [7, 11) is 0. The smallest absolute Gasteiger partial charge is 0.305 e. The van der Waals surface area contributed by atoms with Crippen molar-refractivity contribution in [1.29, 1.82) is 0 Å². The predicted octanol–water partition coefficient (Wildman–Crippen LogP) is -0.0530. The molecule has 7 nitrogen and oxygen atoms in total. The van der Waals surface area contributed by atoms with Crippen molar-refractivity contribution in [3.63, 3.8) is 0 Å². The first-order chi connectivity index (χ1) is 9.29. The molecule has 1 aromatic carbocycles. The quantitative estimate of drug-likeness (QED) is 0.464. The van der Waals surface area contributed by atoms with Gasteiger partial charge < -0.3 is 26.4 Å². The fraction of sp³-hybridized carbons (Fsp3) is 0.385. The van der Waals surface area contributed by atoms with Gasteiger partial charge in [0.25, 0.3) is 0 Å². The Labute approximate surface area is 116 Å². The minimum absolute atomic E-state index is 0.166. The molecule has 0 spiro atoms. The molecule has 1 rings (SSSR count). The van der Waals surface area contributed by atoms with E-state index in [1.165, 1.54) is 12.1 Å². The molecule has 20 heavy (non-hydrogen) atoms. The molecule has 0 aliphatic heterocycles. The van der Waals surface area contributed by atoms with Crippen molar-refractivity contribution in [3.05, 3.63) is 23.8 Å². The number of nitrogens with one attached hydrogen (secondary N) is 1. The van der Waals surface area contributed by atoms with Crippen molar-refractivity contribution in [3.8, 4) is 11.5 Å². The van der Waals surface area contributed by atoms with Gasteiger partial charge in [-0.05, 0) is 31.0 Å². The summed E-state index contributed by atoms with van der Waals surface area (Å²) < 4.78 is 0. The molecule has 2 atom stereocenters. The zero-order valence-corrected chi connectivity index (χ0v) is 11.0. The third kappa shape index (κ3) is 4.77. The Morgan fingerprint density at radius 1 is 1.30 bits per heavy atom. The number of hydrogen-bond donors (Lipinski definition) is 5. The van der Waals surface area contributed by atoms with Crippen LogP contribution < -0.4 is 11.1 Å². The molecule has 0 radical (unpaired) electrons. The van der Waals surface area contributed by atoms with Crippen LogP contribution in [-0.2, 0) is 16.0 Å². The molecular formula is C13H18N2O5. The molecule has 1 amide bonds. The number of phenolic OH excluding ortho intramolecular Hbond substituents is 2. The molecule has 1 aromatic rings.